The number of methoxy groups -OCH3 is 3. The van der Waals surface area contributed by atoms with Gasteiger partial charge in [0, 0.05) is 19.2 Å². The summed E-state index contributed by atoms with van der Waals surface area (Å²) in [5.41, 5.74) is 0.572. The summed E-state index contributed by atoms with van der Waals surface area (Å²) in [5, 5.41) is 8.83. The molecule has 1 aromatic rings. The maximum absolute atomic E-state index is 10.8. The summed E-state index contributed by atoms with van der Waals surface area (Å²) < 4.78 is 15.6. The van der Waals surface area contributed by atoms with Crippen LogP contribution in [0, 0.1) is 0 Å². The van der Waals surface area contributed by atoms with Crippen molar-refractivity contribution in [1.29, 1.82) is 0 Å². The van der Waals surface area contributed by atoms with E-state index >= 15 is 0 Å². The lowest BCUT2D eigenvalue weighted by molar-refractivity contribution is -0.135. The van der Waals surface area contributed by atoms with Crippen molar-refractivity contribution in [2.45, 2.75) is 0 Å². The van der Waals surface area contributed by atoms with Gasteiger partial charge in [-0.25, -0.2) is 0 Å². The van der Waals surface area contributed by atoms with Crippen molar-refractivity contribution in [2.24, 2.45) is 0 Å². The second-order valence-corrected chi connectivity index (χ2v) is 3.63. The van der Waals surface area contributed by atoms with Gasteiger partial charge in [0.25, 0.3) is 0 Å². The molecule has 0 radical (unpaired) electrons. The Kier molecular flexibility index (Phi) is 4.65. The smallest absolute Gasteiger partial charge is 0.323 e. The van der Waals surface area contributed by atoms with Crippen molar-refractivity contribution in [2.75, 3.05) is 39.8 Å². The lowest BCUT2D eigenvalue weighted by Gasteiger charge is -2.23. The van der Waals surface area contributed by atoms with Gasteiger partial charge in [-0.15, -0.1) is 0 Å². The highest BCUT2D eigenvalue weighted by Crippen LogP contribution is 2.40. The second-order valence-electron chi connectivity index (χ2n) is 3.63. The number of anilines is 1. The lowest BCUT2D eigenvalue weighted by atomic mass is 10.2. The van der Waals surface area contributed by atoms with E-state index in [2.05, 4.69) is 0 Å². The fourth-order valence-electron chi connectivity index (χ4n) is 1.65. The number of nitrogens with zero attached hydrogens (tertiary/aromatic N) is 1. The molecule has 0 spiro atoms. The van der Waals surface area contributed by atoms with Crippen LogP contribution in [0.2, 0.25) is 0 Å². The first-order valence-electron chi connectivity index (χ1n) is 5.26. The third-order valence-electron chi connectivity index (χ3n) is 2.44. The Labute approximate surface area is 106 Å². The third kappa shape index (κ3) is 2.97. The van der Waals surface area contributed by atoms with Crippen molar-refractivity contribution in [3.05, 3.63) is 12.1 Å². The average molecular weight is 255 g/mol. The first-order valence-corrected chi connectivity index (χ1v) is 5.26. The minimum absolute atomic E-state index is 0.154. The topological polar surface area (TPSA) is 68.2 Å². The number of carboxylic acids is 1. The van der Waals surface area contributed by atoms with Crippen molar-refractivity contribution in [3.8, 4) is 17.2 Å². The monoisotopic (exact) mass is 255 g/mol. The number of hydrogen-bond donors (Lipinski definition) is 1. The van der Waals surface area contributed by atoms with Crippen LogP contribution in [0.4, 0.5) is 5.69 Å². The molecule has 0 atom stereocenters. The zero-order valence-electron chi connectivity index (χ0n) is 10.9. The van der Waals surface area contributed by atoms with Gasteiger partial charge in [0.15, 0.2) is 0 Å². The Hall–Kier alpha value is -2.11. The van der Waals surface area contributed by atoms with Crippen molar-refractivity contribution < 1.29 is 24.1 Å². The van der Waals surface area contributed by atoms with Gasteiger partial charge in [0.2, 0.25) is 0 Å². The van der Waals surface area contributed by atoms with Crippen LogP contribution in [0.3, 0.4) is 0 Å². The van der Waals surface area contributed by atoms with Crippen LogP contribution in [-0.2, 0) is 4.79 Å². The average Bonchev–Trinajstić information content (AvgIpc) is 2.35. The van der Waals surface area contributed by atoms with E-state index in [0.29, 0.717) is 22.9 Å². The van der Waals surface area contributed by atoms with E-state index in [0.717, 1.165) is 0 Å². The van der Waals surface area contributed by atoms with E-state index in [1.807, 2.05) is 0 Å². The van der Waals surface area contributed by atoms with Crippen LogP contribution >= 0.6 is 0 Å². The molecule has 6 nitrogen and oxygen atoms in total. The molecule has 0 amide bonds. The highest BCUT2D eigenvalue weighted by Gasteiger charge is 2.18. The zero-order valence-corrected chi connectivity index (χ0v) is 10.9. The minimum atomic E-state index is -0.933. The predicted octanol–water partition coefficient (Wildman–Crippen LogP) is 1.23. The number of hydrogen-bond acceptors (Lipinski definition) is 5. The highest BCUT2D eigenvalue weighted by atomic mass is 16.5. The summed E-state index contributed by atoms with van der Waals surface area (Å²) in [6.45, 7) is -0.154. The lowest BCUT2D eigenvalue weighted by Crippen LogP contribution is -2.26. The summed E-state index contributed by atoms with van der Waals surface area (Å²) in [6.07, 6.45) is 0. The third-order valence-corrected chi connectivity index (χ3v) is 2.44. The van der Waals surface area contributed by atoms with Gasteiger partial charge in [0.1, 0.15) is 29.5 Å². The van der Waals surface area contributed by atoms with E-state index in [-0.39, 0.29) is 6.54 Å². The predicted molar refractivity (Wildman–Crippen MR) is 67.0 cm³/mol. The Bertz CT molecular complexity index is 407. The molecule has 0 heterocycles. The Morgan fingerprint density at radius 2 is 1.67 bits per heavy atom. The van der Waals surface area contributed by atoms with E-state index in [4.69, 9.17) is 19.3 Å². The van der Waals surface area contributed by atoms with Crippen LogP contribution in [0.15, 0.2) is 12.1 Å². The van der Waals surface area contributed by atoms with Gasteiger partial charge >= 0.3 is 5.97 Å². The molecule has 0 aliphatic heterocycles. The molecule has 18 heavy (non-hydrogen) atoms. The van der Waals surface area contributed by atoms with Gasteiger partial charge in [-0.2, -0.15) is 0 Å². The molecule has 0 unspecified atom stereocenters. The summed E-state index contributed by atoms with van der Waals surface area (Å²) in [7, 11) is 6.20. The normalized spacial score (nSPS) is 9.78. The summed E-state index contributed by atoms with van der Waals surface area (Å²) in [4.78, 5) is 12.3. The maximum Gasteiger partial charge on any atom is 0.323 e. The van der Waals surface area contributed by atoms with E-state index in [1.54, 1.807) is 24.1 Å². The molecule has 1 rings (SSSR count). The summed E-state index contributed by atoms with van der Waals surface area (Å²) in [6, 6.07) is 3.35. The fourth-order valence-corrected chi connectivity index (χ4v) is 1.65. The van der Waals surface area contributed by atoms with Gasteiger partial charge < -0.3 is 24.2 Å². The fraction of sp³-hybridized carbons (Fsp3) is 0.417. The van der Waals surface area contributed by atoms with E-state index < -0.39 is 5.97 Å². The quantitative estimate of drug-likeness (QED) is 0.824. The summed E-state index contributed by atoms with van der Waals surface area (Å²) in [5.74, 6) is 0.637. The van der Waals surface area contributed by atoms with Gasteiger partial charge in [0.05, 0.1) is 21.3 Å². The Morgan fingerprint density at radius 1 is 1.17 bits per heavy atom. The molecule has 0 fully saturated rings. The number of ether oxygens (including phenoxy) is 3. The van der Waals surface area contributed by atoms with Crippen LogP contribution in [-0.4, -0.2) is 46.0 Å². The number of carboxylic acid groups (broad SMARTS) is 1. The molecule has 6 heteroatoms. The molecule has 0 saturated heterocycles. The van der Waals surface area contributed by atoms with Crippen LogP contribution in [0.5, 0.6) is 17.2 Å². The van der Waals surface area contributed by atoms with Crippen molar-refractivity contribution in [3.63, 3.8) is 0 Å². The molecular weight excluding hydrogens is 238 g/mol. The molecule has 0 aliphatic rings. The first-order chi connectivity index (χ1) is 8.53. The summed E-state index contributed by atoms with van der Waals surface area (Å²) >= 11 is 0. The van der Waals surface area contributed by atoms with Gasteiger partial charge in [-0.1, -0.05) is 0 Å². The Balaban J connectivity index is 3.25. The highest BCUT2D eigenvalue weighted by molar-refractivity contribution is 5.78. The number of benzene rings is 1. The standard InChI is InChI=1S/C12H17NO5/c1-13(7-11(14)15)12-9(17-3)5-8(16-2)6-10(12)18-4/h5-6H,7H2,1-4H3,(H,14,15). The van der Waals surface area contributed by atoms with E-state index in [1.165, 1.54) is 21.3 Å². The number of aliphatic carboxylic acids is 1. The van der Waals surface area contributed by atoms with Crippen LogP contribution in [0.1, 0.15) is 0 Å². The molecule has 100 valence electrons. The minimum Gasteiger partial charge on any atom is -0.496 e. The number of likely N-dealkylation sites (N-methyl/N-ethyl adjacent to an activating group) is 1. The molecular formula is C12H17NO5. The molecule has 0 aromatic heterocycles. The Morgan fingerprint density at radius 3 is 2.00 bits per heavy atom. The largest absolute Gasteiger partial charge is 0.496 e. The molecule has 1 N–H and O–H groups in total. The van der Waals surface area contributed by atoms with Crippen molar-refractivity contribution in [1.82, 2.24) is 0 Å². The molecule has 1 aromatic carbocycles. The number of carbonyl (C=O) groups is 1. The van der Waals surface area contributed by atoms with E-state index in [9.17, 15) is 4.79 Å². The van der Waals surface area contributed by atoms with Crippen LogP contribution < -0.4 is 19.1 Å². The van der Waals surface area contributed by atoms with Gasteiger partial charge in [-0.3, -0.25) is 4.79 Å². The molecule has 0 saturated carbocycles. The maximum atomic E-state index is 10.8. The van der Waals surface area contributed by atoms with Crippen LogP contribution in [0.25, 0.3) is 0 Å². The zero-order chi connectivity index (χ0) is 13.7. The molecule has 0 aliphatic carbocycles. The number of rotatable bonds is 6. The van der Waals surface area contributed by atoms with Crippen molar-refractivity contribution >= 4 is 11.7 Å². The second kappa shape index (κ2) is 6.00. The molecule has 0 bridgehead atoms. The first kappa shape index (κ1) is 14.0. The van der Waals surface area contributed by atoms with Gasteiger partial charge in [-0.05, 0) is 0 Å². The SMILES string of the molecule is COc1cc(OC)c(N(C)CC(=O)O)c(OC)c1.